The topological polar surface area (TPSA) is 38.3 Å². The monoisotopic (exact) mass is 361 g/mol. The summed E-state index contributed by atoms with van der Waals surface area (Å²) >= 11 is 5.51. The SMILES string of the molecule is COc1ccc(CC(=O)Nc2ccc(Cl)c(C(F)(F)F)c2)cc1F. The van der Waals surface area contributed by atoms with Gasteiger partial charge in [-0.3, -0.25) is 4.79 Å². The van der Waals surface area contributed by atoms with Gasteiger partial charge in [-0.05, 0) is 35.9 Å². The Morgan fingerprint density at radius 2 is 1.92 bits per heavy atom. The Morgan fingerprint density at radius 1 is 1.21 bits per heavy atom. The maximum Gasteiger partial charge on any atom is 0.417 e. The van der Waals surface area contributed by atoms with Gasteiger partial charge in [0.05, 0.1) is 24.1 Å². The van der Waals surface area contributed by atoms with E-state index in [-0.39, 0.29) is 17.9 Å². The molecule has 0 saturated carbocycles. The van der Waals surface area contributed by atoms with Gasteiger partial charge in [0.25, 0.3) is 0 Å². The van der Waals surface area contributed by atoms with Crippen molar-refractivity contribution in [1.82, 2.24) is 0 Å². The first kappa shape index (κ1) is 18.1. The van der Waals surface area contributed by atoms with Crippen LogP contribution in [0.5, 0.6) is 5.75 Å². The second-order valence-electron chi connectivity index (χ2n) is 4.89. The summed E-state index contributed by atoms with van der Waals surface area (Å²) in [6, 6.07) is 7.03. The molecular formula is C16H12ClF4NO2. The summed E-state index contributed by atoms with van der Waals surface area (Å²) in [7, 11) is 1.31. The summed E-state index contributed by atoms with van der Waals surface area (Å²) in [5.74, 6) is -1.18. The van der Waals surface area contributed by atoms with Gasteiger partial charge in [-0.1, -0.05) is 17.7 Å². The number of halogens is 5. The van der Waals surface area contributed by atoms with E-state index in [4.69, 9.17) is 16.3 Å². The molecule has 2 aromatic carbocycles. The van der Waals surface area contributed by atoms with Crippen LogP contribution in [0.25, 0.3) is 0 Å². The molecule has 128 valence electrons. The smallest absolute Gasteiger partial charge is 0.417 e. The van der Waals surface area contributed by atoms with Gasteiger partial charge in [0.1, 0.15) is 0 Å². The van der Waals surface area contributed by atoms with Crippen LogP contribution in [0.3, 0.4) is 0 Å². The van der Waals surface area contributed by atoms with Crippen LogP contribution < -0.4 is 10.1 Å². The highest BCUT2D eigenvalue weighted by molar-refractivity contribution is 6.31. The molecule has 0 aliphatic heterocycles. The Bertz CT molecular complexity index is 762. The highest BCUT2D eigenvalue weighted by Gasteiger charge is 2.33. The summed E-state index contributed by atoms with van der Waals surface area (Å²) in [6.07, 6.45) is -4.83. The van der Waals surface area contributed by atoms with Crippen molar-refractivity contribution >= 4 is 23.2 Å². The summed E-state index contributed by atoms with van der Waals surface area (Å²) < 4.78 is 56.7. The standard InChI is InChI=1S/C16H12ClF4NO2/c1-24-14-5-2-9(6-13(14)18)7-15(23)22-10-3-4-12(17)11(8-10)16(19,20)21/h2-6,8H,7H2,1H3,(H,22,23). The number of nitrogens with one attached hydrogen (secondary N) is 1. The van der Waals surface area contributed by atoms with Crippen LogP contribution in [0.4, 0.5) is 23.2 Å². The minimum absolute atomic E-state index is 0.0340. The molecule has 24 heavy (non-hydrogen) atoms. The fraction of sp³-hybridized carbons (Fsp3) is 0.188. The fourth-order valence-electron chi connectivity index (χ4n) is 2.03. The molecular weight excluding hydrogens is 350 g/mol. The molecule has 1 N–H and O–H groups in total. The van der Waals surface area contributed by atoms with E-state index in [0.717, 1.165) is 18.2 Å². The molecule has 0 spiro atoms. The molecule has 0 heterocycles. The lowest BCUT2D eigenvalue weighted by Gasteiger charge is -2.12. The number of amides is 1. The van der Waals surface area contributed by atoms with Crippen molar-refractivity contribution in [3.8, 4) is 5.75 Å². The largest absolute Gasteiger partial charge is 0.494 e. The van der Waals surface area contributed by atoms with Crippen molar-refractivity contribution in [2.45, 2.75) is 12.6 Å². The zero-order valence-corrected chi connectivity index (χ0v) is 13.1. The number of ether oxygens (including phenoxy) is 1. The Labute approximate surface area is 140 Å². The number of hydrogen-bond donors (Lipinski definition) is 1. The average molecular weight is 362 g/mol. The lowest BCUT2D eigenvalue weighted by molar-refractivity contribution is -0.137. The quantitative estimate of drug-likeness (QED) is 0.802. The first-order chi connectivity index (χ1) is 11.2. The second-order valence-corrected chi connectivity index (χ2v) is 5.29. The van der Waals surface area contributed by atoms with Crippen LogP contribution in [0, 0.1) is 5.82 Å². The molecule has 0 atom stereocenters. The van der Waals surface area contributed by atoms with E-state index in [0.29, 0.717) is 5.56 Å². The number of carbonyl (C=O) groups excluding carboxylic acids is 1. The maximum absolute atomic E-state index is 13.6. The second kappa shape index (κ2) is 7.09. The van der Waals surface area contributed by atoms with E-state index in [1.807, 2.05) is 0 Å². The normalized spacial score (nSPS) is 11.2. The van der Waals surface area contributed by atoms with E-state index in [2.05, 4.69) is 5.32 Å². The number of alkyl halides is 3. The zero-order valence-electron chi connectivity index (χ0n) is 12.4. The van der Waals surface area contributed by atoms with E-state index >= 15 is 0 Å². The van der Waals surface area contributed by atoms with Crippen LogP contribution in [-0.2, 0) is 17.4 Å². The fourth-order valence-corrected chi connectivity index (χ4v) is 2.26. The highest BCUT2D eigenvalue weighted by Crippen LogP contribution is 2.36. The van der Waals surface area contributed by atoms with Gasteiger partial charge in [0, 0.05) is 5.69 Å². The van der Waals surface area contributed by atoms with Crippen molar-refractivity contribution in [2.24, 2.45) is 0 Å². The minimum atomic E-state index is -4.63. The summed E-state index contributed by atoms with van der Waals surface area (Å²) in [6.45, 7) is 0. The predicted octanol–water partition coefficient (Wildman–Crippen LogP) is 4.69. The minimum Gasteiger partial charge on any atom is -0.494 e. The molecule has 0 aliphatic rings. The van der Waals surface area contributed by atoms with Crippen LogP contribution >= 0.6 is 11.6 Å². The number of anilines is 1. The predicted molar refractivity (Wildman–Crippen MR) is 81.7 cm³/mol. The van der Waals surface area contributed by atoms with Crippen LogP contribution in [0.2, 0.25) is 5.02 Å². The van der Waals surface area contributed by atoms with Crippen LogP contribution in [0.1, 0.15) is 11.1 Å². The van der Waals surface area contributed by atoms with Gasteiger partial charge < -0.3 is 10.1 Å². The van der Waals surface area contributed by atoms with Crippen LogP contribution in [-0.4, -0.2) is 13.0 Å². The molecule has 0 unspecified atom stereocenters. The van der Waals surface area contributed by atoms with Crippen LogP contribution in [0.15, 0.2) is 36.4 Å². The van der Waals surface area contributed by atoms with Crippen molar-refractivity contribution in [3.05, 3.63) is 58.4 Å². The Balaban J connectivity index is 2.11. The molecule has 1 amide bonds. The Morgan fingerprint density at radius 3 is 2.50 bits per heavy atom. The summed E-state index contributed by atoms with van der Waals surface area (Å²) in [5.41, 5.74) is -0.737. The molecule has 0 bridgehead atoms. The molecule has 2 aromatic rings. The third-order valence-corrected chi connectivity index (χ3v) is 3.47. The third-order valence-electron chi connectivity index (χ3n) is 3.14. The van der Waals surface area contributed by atoms with E-state index in [1.165, 1.54) is 25.3 Å². The highest BCUT2D eigenvalue weighted by atomic mass is 35.5. The van der Waals surface area contributed by atoms with Crippen molar-refractivity contribution < 1.29 is 27.1 Å². The molecule has 2 rings (SSSR count). The average Bonchev–Trinajstić information content (AvgIpc) is 2.48. The van der Waals surface area contributed by atoms with Crippen molar-refractivity contribution in [1.29, 1.82) is 0 Å². The number of benzene rings is 2. The number of hydrogen-bond acceptors (Lipinski definition) is 2. The van der Waals surface area contributed by atoms with E-state index < -0.39 is 28.5 Å². The van der Waals surface area contributed by atoms with E-state index in [1.54, 1.807) is 0 Å². The van der Waals surface area contributed by atoms with Crippen molar-refractivity contribution in [2.75, 3.05) is 12.4 Å². The van der Waals surface area contributed by atoms with Gasteiger partial charge in [-0.2, -0.15) is 13.2 Å². The molecule has 0 fully saturated rings. The molecule has 0 aliphatic carbocycles. The third kappa shape index (κ3) is 4.38. The lowest BCUT2D eigenvalue weighted by Crippen LogP contribution is -2.15. The lowest BCUT2D eigenvalue weighted by atomic mass is 10.1. The van der Waals surface area contributed by atoms with Gasteiger partial charge in [0.2, 0.25) is 5.91 Å². The maximum atomic E-state index is 13.6. The Kier molecular flexibility index (Phi) is 5.33. The summed E-state index contributed by atoms with van der Waals surface area (Å²) in [5, 5.41) is 1.87. The van der Waals surface area contributed by atoms with Gasteiger partial charge in [-0.15, -0.1) is 0 Å². The van der Waals surface area contributed by atoms with Crippen molar-refractivity contribution in [3.63, 3.8) is 0 Å². The molecule has 3 nitrogen and oxygen atoms in total. The number of rotatable bonds is 4. The number of methoxy groups -OCH3 is 1. The summed E-state index contributed by atoms with van der Waals surface area (Å²) in [4.78, 5) is 11.9. The first-order valence-corrected chi connectivity index (χ1v) is 7.07. The first-order valence-electron chi connectivity index (χ1n) is 6.69. The zero-order chi connectivity index (χ0) is 17.9. The van der Waals surface area contributed by atoms with Gasteiger partial charge in [-0.25, -0.2) is 4.39 Å². The molecule has 0 saturated heterocycles. The molecule has 8 heteroatoms. The number of carbonyl (C=O) groups is 1. The Hall–Kier alpha value is -2.28. The van der Waals surface area contributed by atoms with E-state index in [9.17, 15) is 22.4 Å². The van der Waals surface area contributed by atoms with Gasteiger partial charge >= 0.3 is 6.18 Å². The van der Waals surface area contributed by atoms with Gasteiger partial charge in [0.15, 0.2) is 11.6 Å². The molecule has 0 radical (unpaired) electrons. The molecule has 0 aromatic heterocycles.